The van der Waals surface area contributed by atoms with Crippen molar-refractivity contribution in [3.8, 4) is 0 Å². The van der Waals surface area contributed by atoms with Crippen LogP contribution in [0.25, 0.3) is 10.9 Å². The Morgan fingerprint density at radius 3 is 2.85 bits per heavy atom. The Labute approximate surface area is 117 Å². The van der Waals surface area contributed by atoms with Gasteiger partial charge in [-0.3, -0.25) is 10.8 Å². The molecule has 3 rings (SSSR count). The van der Waals surface area contributed by atoms with E-state index in [-0.39, 0.29) is 6.04 Å². The highest BCUT2D eigenvalue weighted by Gasteiger charge is 2.15. The molecule has 1 atom stereocenters. The van der Waals surface area contributed by atoms with Crippen LogP contribution < -0.4 is 11.3 Å². The van der Waals surface area contributed by atoms with Crippen LogP contribution in [-0.4, -0.2) is 14.5 Å². The third-order valence-corrected chi connectivity index (χ3v) is 3.44. The lowest BCUT2D eigenvalue weighted by Gasteiger charge is -2.15. The van der Waals surface area contributed by atoms with Gasteiger partial charge < -0.3 is 4.57 Å². The Morgan fingerprint density at radius 2 is 2.10 bits per heavy atom. The predicted octanol–water partition coefficient (Wildman–Crippen LogP) is 1.72. The number of fused-ring (bicyclic) bond motifs is 1. The maximum Gasteiger partial charge on any atom is 0.127 e. The third-order valence-electron chi connectivity index (χ3n) is 3.44. The molecule has 5 heteroatoms. The zero-order valence-corrected chi connectivity index (χ0v) is 11.3. The lowest BCUT2D eigenvalue weighted by molar-refractivity contribution is 0.503. The molecule has 0 aliphatic rings. The standard InChI is InChI=1S/C15H17N5/c1-20-9-8-17-15(20)14(19-16)10-12-7-6-11-4-2-3-5-13(11)18-12/h2-9,14,19H,10,16H2,1H3. The zero-order valence-electron chi connectivity index (χ0n) is 11.3. The van der Waals surface area contributed by atoms with Crippen LogP contribution in [0.5, 0.6) is 0 Å². The molecule has 0 radical (unpaired) electrons. The van der Waals surface area contributed by atoms with Gasteiger partial charge in [-0.2, -0.15) is 0 Å². The fraction of sp³-hybridized carbons (Fsp3) is 0.200. The van der Waals surface area contributed by atoms with E-state index in [0.29, 0.717) is 6.42 Å². The molecule has 1 aromatic carbocycles. The van der Waals surface area contributed by atoms with Crippen molar-refractivity contribution in [3.63, 3.8) is 0 Å². The van der Waals surface area contributed by atoms with Crippen molar-refractivity contribution < 1.29 is 0 Å². The SMILES string of the molecule is Cn1ccnc1C(Cc1ccc2ccccc2n1)NN. The maximum atomic E-state index is 5.66. The van der Waals surface area contributed by atoms with Gasteiger partial charge in [0.1, 0.15) is 5.82 Å². The van der Waals surface area contributed by atoms with Crippen LogP contribution >= 0.6 is 0 Å². The average Bonchev–Trinajstić information content (AvgIpc) is 2.91. The summed E-state index contributed by atoms with van der Waals surface area (Å²) in [6.07, 6.45) is 4.38. The Morgan fingerprint density at radius 1 is 1.25 bits per heavy atom. The van der Waals surface area contributed by atoms with Gasteiger partial charge >= 0.3 is 0 Å². The van der Waals surface area contributed by atoms with Gasteiger partial charge in [-0.25, -0.2) is 10.4 Å². The Balaban J connectivity index is 1.89. The van der Waals surface area contributed by atoms with E-state index in [1.54, 1.807) is 6.20 Å². The van der Waals surface area contributed by atoms with Crippen LogP contribution in [0.4, 0.5) is 0 Å². The fourth-order valence-corrected chi connectivity index (χ4v) is 2.37. The molecular weight excluding hydrogens is 250 g/mol. The van der Waals surface area contributed by atoms with Crippen LogP contribution in [0.1, 0.15) is 17.6 Å². The summed E-state index contributed by atoms with van der Waals surface area (Å²) in [5, 5.41) is 1.14. The van der Waals surface area contributed by atoms with E-state index in [2.05, 4.69) is 27.5 Å². The molecule has 2 heterocycles. The number of aryl methyl sites for hydroxylation is 1. The van der Waals surface area contributed by atoms with Crippen molar-refractivity contribution >= 4 is 10.9 Å². The maximum absolute atomic E-state index is 5.66. The first-order chi connectivity index (χ1) is 9.78. The van der Waals surface area contributed by atoms with Gasteiger partial charge in [0.25, 0.3) is 0 Å². The molecule has 2 aromatic heterocycles. The van der Waals surface area contributed by atoms with Gasteiger partial charge in [0.15, 0.2) is 0 Å². The summed E-state index contributed by atoms with van der Waals surface area (Å²) < 4.78 is 1.96. The molecule has 0 fully saturated rings. The van der Waals surface area contributed by atoms with Crippen LogP contribution in [0, 0.1) is 0 Å². The molecule has 0 saturated heterocycles. The highest BCUT2D eigenvalue weighted by Crippen LogP contribution is 2.17. The number of pyridine rings is 1. The number of hydrogen-bond donors (Lipinski definition) is 2. The van der Waals surface area contributed by atoms with Crippen molar-refractivity contribution in [2.45, 2.75) is 12.5 Å². The number of hydrazine groups is 1. The Hall–Kier alpha value is -2.24. The zero-order chi connectivity index (χ0) is 13.9. The molecule has 0 aliphatic carbocycles. The second-order valence-electron chi connectivity index (χ2n) is 4.82. The number of para-hydroxylation sites is 1. The Kier molecular flexibility index (Phi) is 3.45. The number of rotatable bonds is 4. The molecule has 3 aromatic rings. The highest BCUT2D eigenvalue weighted by molar-refractivity contribution is 5.78. The minimum Gasteiger partial charge on any atom is -0.337 e. The first-order valence-corrected chi connectivity index (χ1v) is 6.56. The first-order valence-electron chi connectivity index (χ1n) is 6.56. The minimum atomic E-state index is -0.0522. The molecule has 3 N–H and O–H groups in total. The van der Waals surface area contributed by atoms with E-state index in [1.165, 1.54) is 0 Å². The van der Waals surface area contributed by atoms with Crippen molar-refractivity contribution in [1.82, 2.24) is 20.0 Å². The van der Waals surface area contributed by atoms with Gasteiger partial charge in [-0.05, 0) is 12.1 Å². The van der Waals surface area contributed by atoms with Crippen molar-refractivity contribution in [3.05, 3.63) is 60.3 Å². The van der Waals surface area contributed by atoms with E-state index in [4.69, 9.17) is 5.84 Å². The van der Waals surface area contributed by atoms with E-state index < -0.39 is 0 Å². The first kappa shape index (κ1) is 12.8. The number of nitrogens with two attached hydrogens (primary N) is 1. The fourth-order valence-electron chi connectivity index (χ4n) is 2.37. The lowest BCUT2D eigenvalue weighted by atomic mass is 10.1. The summed E-state index contributed by atoms with van der Waals surface area (Å²) in [5.41, 5.74) is 4.81. The van der Waals surface area contributed by atoms with Gasteiger partial charge in [-0.1, -0.05) is 24.3 Å². The molecule has 0 spiro atoms. The Bertz CT molecular complexity index is 719. The second-order valence-corrected chi connectivity index (χ2v) is 4.82. The normalized spacial score (nSPS) is 12.7. The van der Waals surface area contributed by atoms with E-state index in [9.17, 15) is 0 Å². The molecular formula is C15H17N5. The second kappa shape index (κ2) is 5.40. The molecule has 0 bridgehead atoms. The van der Waals surface area contributed by atoms with E-state index in [1.807, 2.05) is 42.1 Å². The third kappa shape index (κ3) is 2.41. The monoisotopic (exact) mass is 267 g/mol. The van der Waals surface area contributed by atoms with Gasteiger partial charge in [0, 0.05) is 36.9 Å². The van der Waals surface area contributed by atoms with Crippen molar-refractivity contribution in [2.75, 3.05) is 0 Å². The minimum absolute atomic E-state index is 0.0522. The largest absolute Gasteiger partial charge is 0.337 e. The summed E-state index contributed by atoms with van der Waals surface area (Å²) in [6, 6.07) is 12.2. The molecule has 5 nitrogen and oxygen atoms in total. The summed E-state index contributed by atoms with van der Waals surface area (Å²) in [6.45, 7) is 0. The lowest BCUT2D eigenvalue weighted by Crippen LogP contribution is -2.31. The number of aromatic nitrogens is 3. The highest BCUT2D eigenvalue weighted by atomic mass is 15.3. The average molecular weight is 267 g/mol. The summed E-state index contributed by atoms with van der Waals surface area (Å²) in [5.74, 6) is 6.57. The smallest absolute Gasteiger partial charge is 0.127 e. The van der Waals surface area contributed by atoms with E-state index in [0.717, 1.165) is 22.4 Å². The quantitative estimate of drug-likeness (QED) is 0.558. The van der Waals surface area contributed by atoms with Crippen LogP contribution in [-0.2, 0) is 13.5 Å². The topological polar surface area (TPSA) is 68.8 Å². The molecule has 20 heavy (non-hydrogen) atoms. The number of imidazole rings is 1. The van der Waals surface area contributed by atoms with Crippen molar-refractivity contribution in [2.24, 2.45) is 12.9 Å². The molecule has 0 saturated carbocycles. The van der Waals surface area contributed by atoms with Crippen LogP contribution in [0.2, 0.25) is 0 Å². The number of benzene rings is 1. The summed E-state index contributed by atoms with van der Waals surface area (Å²) in [4.78, 5) is 9.01. The van der Waals surface area contributed by atoms with Gasteiger partial charge in [-0.15, -0.1) is 0 Å². The van der Waals surface area contributed by atoms with Crippen molar-refractivity contribution in [1.29, 1.82) is 0 Å². The summed E-state index contributed by atoms with van der Waals surface area (Å²) >= 11 is 0. The number of nitrogens with one attached hydrogen (secondary N) is 1. The molecule has 1 unspecified atom stereocenters. The number of hydrogen-bond acceptors (Lipinski definition) is 4. The van der Waals surface area contributed by atoms with Gasteiger partial charge in [0.05, 0.1) is 11.6 Å². The van der Waals surface area contributed by atoms with E-state index >= 15 is 0 Å². The molecule has 0 amide bonds. The molecule has 102 valence electrons. The number of nitrogens with zero attached hydrogens (tertiary/aromatic N) is 3. The van der Waals surface area contributed by atoms with Gasteiger partial charge in [0.2, 0.25) is 0 Å². The summed E-state index contributed by atoms with van der Waals surface area (Å²) in [7, 11) is 1.96. The van der Waals surface area contributed by atoms with Crippen LogP contribution in [0.3, 0.4) is 0 Å². The molecule has 0 aliphatic heterocycles. The van der Waals surface area contributed by atoms with Crippen LogP contribution in [0.15, 0.2) is 48.8 Å². The predicted molar refractivity (Wildman–Crippen MR) is 78.7 cm³/mol.